The average molecular weight is 409 g/mol. The molecule has 2 aliphatic rings. The summed E-state index contributed by atoms with van der Waals surface area (Å²) in [5.41, 5.74) is 7.23. The normalized spacial score (nSPS) is 21.1. The van der Waals surface area contributed by atoms with Crippen molar-refractivity contribution in [3.8, 4) is 0 Å². The van der Waals surface area contributed by atoms with E-state index in [-0.39, 0.29) is 22.1 Å². The summed E-state index contributed by atoms with van der Waals surface area (Å²) < 4.78 is 32.6. The molecule has 8 nitrogen and oxygen atoms in total. The molecular weight excluding hydrogens is 388 g/mol. The second kappa shape index (κ2) is 7.17. The Balaban J connectivity index is 1.67. The minimum atomic E-state index is -3.35. The molecule has 4 rings (SSSR count). The Kier molecular flexibility index (Phi) is 4.87. The maximum atomic E-state index is 12.2. The number of nitrogens with zero attached hydrogens (tertiary/aromatic N) is 2. The monoisotopic (exact) mass is 408 g/mol. The third-order valence-electron chi connectivity index (χ3n) is 4.81. The van der Waals surface area contributed by atoms with Crippen molar-refractivity contribution < 1.29 is 17.9 Å². The fraction of sp³-hybridized carbons (Fsp3) is 0.471. The highest BCUT2D eigenvalue weighted by molar-refractivity contribution is 7.93. The summed E-state index contributed by atoms with van der Waals surface area (Å²) in [6.07, 6.45) is 3.83. The van der Waals surface area contributed by atoms with Crippen LogP contribution < -0.4 is 10.5 Å². The summed E-state index contributed by atoms with van der Waals surface area (Å²) in [7, 11) is -3.35. The summed E-state index contributed by atoms with van der Waals surface area (Å²) in [4.78, 5) is 20.3. The Labute approximate surface area is 161 Å². The standard InChI is InChI=1S/C17H20N4O4S2/c18-16(22)17-20-14(9-26-17)15(10-4-6-25-8-10)13-7-11(3-5-19-13)21-27(23,24)12-1-2-12/h3,5,7,9-10,12,15H,1-2,4,6,8H2,(H2,18,22)(H,19,21)/t10-,15-/m0/s1. The van der Waals surface area contributed by atoms with Gasteiger partial charge in [0.2, 0.25) is 10.0 Å². The van der Waals surface area contributed by atoms with Crippen LogP contribution in [0, 0.1) is 5.92 Å². The third kappa shape index (κ3) is 3.97. The number of hydrogen-bond acceptors (Lipinski definition) is 7. The molecule has 0 aromatic carbocycles. The summed E-state index contributed by atoms with van der Waals surface area (Å²) in [6, 6.07) is 3.38. The zero-order valence-corrected chi connectivity index (χ0v) is 16.1. The number of thiazole rings is 1. The van der Waals surface area contributed by atoms with Crippen LogP contribution in [0.15, 0.2) is 23.7 Å². The first-order valence-electron chi connectivity index (χ1n) is 8.74. The van der Waals surface area contributed by atoms with Crippen molar-refractivity contribution in [3.63, 3.8) is 0 Å². The molecule has 1 aliphatic carbocycles. The minimum Gasteiger partial charge on any atom is -0.381 e. The lowest BCUT2D eigenvalue weighted by Crippen LogP contribution is -2.19. The van der Waals surface area contributed by atoms with Gasteiger partial charge in [-0.25, -0.2) is 13.4 Å². The third-order valence-corrected chi connectivity index (χ3v) is 7.56. The number of anilines is 1. The zero-order chi connectivity index (χ0) is 19.0. The van der Waals surface area contributed by atoms with E-state index in [1.54, 1.807) is 18.3 Å². The van der Waals surface area contributed by atoms with E-state index >= 15 is 0 Å². The van der Waals surface area contributed by atoms with Gasteiger partial charge in [0.05, 0.1) is 28.9 Å². The van der Waals surface area contributed by atoms with Crippen molar-refractivity contribution >= 4 is 33.0 Å². The van der Waals surface area contributed by atoms with Gasteiger partial charge in [-0.1, -0.05) is 0 Å². The number of nitrogens with one attached hydrogen (secondary N) is 1. The fourth-order valence-corrected chi connectivity index (χ4v) is 5.38. The molecule has 1 saturated heterocycles. The maximum absolute atomic E-state index is 12.2. The Morgan fingerprint density at radius 2 is 2.15 bits per heavy atom. The van der Waals surface area contributed by atoms with Crippen LogP contribution in [-0.4, -0.2) is 42.8 Å². The van der Waals surface area contributed by atoms with Gasteiger partial charge in [-0.3, -0.25) is 14.5 Å². The van der Waals surface area contributed by atoms with E-state index in [0.29, 0.717) is 43.1 Å². The zero-order valence-electron chi connectivity index (χ0n) is 14.5. The SMILES string of the molecule is NC(=O)c1nc([C@H](c2cc(NS(=O)(=O)C3CC3)ccn2)[C@H]2CCOC2)cs1. The van der Waals surface area contributed by atoms with Gasteiger partial charge in [0.25, 0.3) is 5.91 Å². The number of pyridine rings is 1. The van der Waals surface area contributed by atoms with E-state index in [0.717, 1.165) is 6.42 Å². The van der Waals surface area contributed by atoms with Gasteiger partial charge in [-0.05, 0) is 37.3 Å². The van der Waals surface area contributed by atoms with Crippen molar-refractivity contribution in [2.24, 2.45) is 11.7 Å². The first kappa shape index (κ1) is 18.3. The Hall–Kier alpha value is -2.04. The molecule has 2 atom stereocenters. The molecule has 0 radical (unpaired) electrons. The van der Waals surface area contributed by atoms with Crippen LogP contribution in [0.25, 0.3) is 0 Å². The number of nitrogens with two attached hydrogens (primary N) is 1. The lowest BCUT2D eigenvalue weighted by Gasteiger charge is -2.21. The predicted molar refractivity (Wildman–Crippen MR) is 101 cm³/mol. The van der Waals surface area contributed by atoms with E-state index in [2.05, 4.69) is 14.7 Å². The van der Waals surface area contributed by atoms with Gasteiger partial charge < -0.3 is 10.5 Å². The number of rotatable bonds is 7. The molecule has 3 heterocycles. The highest BCUT2D eigenvalue weighted by atomic mass is 32.2. The van der Waals surface area contributed by atoms with Crippen molar-refractivity contribution in [1.82, 2.24) is 9.97 Å². The van der Waals surface area contributed by atoms with Crippen LogP contribution in [-0.2, 0) is 14.8 Å². The van der Waals surface area contributed by atoms with E-state index < -0.39 is 15.9 Å². The molecule has 2 aromatic heterocycles. The lowest BCUT2D eigenvalue weighted by molar-refractivity contribution is 0.0999. The molecule has 1 saturated carbocycles. The van der Waals surface area contributed by atoms with Crippen molar-refractivity contribution in [1.29, 1.82) is 0 Å². The number of aromatic nitrogens is 2. The highest BCUT2D eigenvalue weighted by Gasteiger charge is 2.36. The van der Waals surface area contributed by atoms with E-state index in [1.807, 2.05) is 5.38 Å². The van der Waals surface area contributed by atoms with E-state index in [4.69, 9.17) is 10.5 Å². The van der Waals surface area contributed by atoms with Crippen LogP contribution >= 0.6 is 11.3 Å². The molecule has 1 aliphatic heterocycles. The van der Waals surface area contributed by atoms with Gasteiger partial charge in [-0.15, -0.1) is 11.3 Å². The van der Waals surface area contributed by atoms with Gasteiger partial charge in [0.1, 0.15) is 0 Å². The fourth-order valence-electron chi connectivity index (χ4n) is 3.30. The van der Waals surface area contributed by atoms with Gasteiger partial charge >= 0.3 is 0 Å². The molecule has 1 amide bonds. The molecule has 2 fully saturated rings. The molecule has 0 unspecified atom stereocenters. The number of hydrogen-bond donors (Lipinski definition) is 2. The van der Waals surface area contributed by atoms with Crippen LogP contribution in [0.5, 0.6) is 0 Å². The van der Waals surface area contributed by atoms with Crippen LogP contribution in [0.3, 0.4) is 0 Å². The van der Waals surface area contributed by atoms with Crippen LogP contribution in [0.1, 0.15) is 46.4 Å². The van der Waals surface area contributed by atoms with Gasteiger partial charge in [0.15, 0.2) is 5.01 Å². The molecule has 0 bridgehead atoms. The largest absolute Gasteiger partial charge is 0.381 e. The number of sulfonamides is 1. The van der Waals surface area contributed by atoms with Crippen LogP contribution in [0.4, 0.5) is 5.69 Å². The van der Waals surface area contributed by atoms with Crippen molar-refractivity contribution in [2.45, 2.75) is 30.4 Å². The summed E-state index contributed by atoms with van der Waals surface area (Å²) >= 11 is 1.20. The first-order valence-corrected chi connectivity index (χ1v) is 11.2. The Morgan fingerprint density at radius 3 is 2.78 bits per heavy atom. The molecule has 27 heavy (non-hydrogen) atoms. The van der Waals surface area contributed by atoms with Crippen molar-refractivity contribution in [3.05, 3.63) is 40.1 Å². The number of amides is 1. The topological polar surface area (TPSA) is 124 Å². The smallest absolute Gasteiger partial charge is 0.277 e. The lowest BCUT2D eigenvalue weighted by atomic mass is 9.86. The highest BCUT2D eigenvalue weighted by Crippen LogP contribution is 2.37. The quantitative estimate of drug-likeness (QED) is 0.719. The molecule has 144 valence electrons. The summed E-state index contributed by atoms with van der Waals surface area (Å²) in [5.74, 6) is -0.607. The molecular formula is C17H20N4O4S2. The number of primary amides is 1. The Bertz CT molecular complexity index is 949. The summed E-state index contributed by atoms with van der Waals surface area (Å²) in [6.45, 7) is 1.22. The van der Waals surface area contributed by atoms with Crippen LogP contribution in [0.2, 0.25) is 0 Å². The number of carbonyl (C=O) groups is 1. The maximum Gasteiger partial charge on any atom is 0.277 e. The summed E-state index contributed by atoms with van der Waals surface area (Å²) in [5, 5.41) is 1.76. The second-order valence-electron chi connectivity index (χ2n) is 6.86. The van der Waals surface area contributed by atoms with E-state index in [1.165, 1.54) is 11.3 Å². The molecule has 3 N–H and O–H groups in total. The number of carbonyl (C=O) groups excluding carboxylic acids is 1. The minimum absolute atomic E-state index is 0.149. The Morgan fingerprint density at radius 1 is 1.33 bits per heavy atom. The van der Waals surface area contributed by atoms with Crippen molar-refractivity contribution in [2.75, 3.05) is 17.9 Å². The van der Waals surface area contributed by atoms with E-state index in [9.17, 15) is 13.2 Å². The molecule has 2 aromatic rings. The number of ether oxygens (including phenoxy) is 1. The second-order valence-corrected chi connectivity index (χ2v) is 9.68. The first-order chi connectivity index (χ1) is 12.9. The average Bonchev–Trinajstić information content (AvgIpc) is 3.15. The molecule has 0 spiro atoms. The van der Waals surface area contributed by atoms with Gasteiger partial charge in [-0.2, -0.15) is 0 Å². The van der Waals surface area contributed by atoms with Gasteiger partial charge in [0, 0.05) is 24.1 Å². The predicted octanol–water partition coefficient (Wildman–Crippen LogP) is 1.71. The molecule has 10 heteroatoms.